The molecule has 1 atom stereocenters. The summed E-state index contributed by atoms with van der Waals surface area (Å²) in [6.45, 7) is 8.09. The zero-order chi connectivity index (χ0) is 24.3. The van der Waals surface area contributed by atoms with Crippen LogP contribution >= 0.6 is 11.8 Å². The van der Waals surface area contributed by atoms with Crippen molar-refractivity contribution in [3.63, 3.8) is 0 Å². The van der Waals surface area contributed by atoms with Crippen molar-refractivity contribution >= 4 is 23.3 Å². The summed E-state index contributed by atoms with van der Waals surface area (Å²) in [5.74, 6) is -0.265. The highest BCUT2D eigenvalue weighted by Crippen LogP contribution is 2.39. The number of aryl methyl sites for hydroxylation is 3. The first-order valence-electron chi connectivity index (χ1n) is 11.3. The molecule has 1 unspecified atom stereocenters. The number of Topliss-reactive ketones (excluding diaryl/α,β-unsaturated/α-hetero) is 2. The first kappa shape index (κ1) is 25.4. The zero-order valence-electron chi connectivity index (χ0n) is 19.3. The van der Waals surface area contributed by atoms with Gasteiger partial charge in [-0.3, -0.25) is 9.59 Å². The lowest BCUT2D eigenvalue weighted by atomic mass is 9.70. The minimum absolute atomic E-state index is 0.0299. The van der Waals surface area contributed by atoms with Gasteiger partial charge < -0.3 is 0 Å². The second-order valence-corrected chi connectivity index (χ2v) is 9.82. The van der Waals surface area contributed by atoms with E-state index in [1.807, 2.05) is 27.7 Å². The number of halogens is 3. The molecule has 4 nitrogen and oxygen atoms in total. The lowest BCUT2D eigenvalue weighted by Crippen LogP contribution is -2.35. The number of carbonyl (C=O) groups is 2. The van der Waals surface area contributed by atoms with Gasteiger partial charge in [0.25, 0.3) is 0 Å². The molecule has 0 bridgehead atoms. The first-order valence-corrected chi connectivity index (χ1v) is 12.2. The molecule has 1 aliphatic rings. The van der Waals surface area contributed by atoms with Crippen LogP contribution in [-0.4, -0.2) is 27.5 Å². The fraction of sp³-hybridized carbons (Fsp3) is 0.520. The minimum Gasteiger partial charge on any atom is -0.299 e. The number of rotatable bonds is 7. The second kappa shape index (κ2) is 10.4. The maximum Gasteiger partial charge on any atom is 0.435 e. The lowest BCUT2D eigenvalue weighted by Gasteiger charge is -2.32. The Morgan fingerprint density at radius 1 is 1.03 bits per heavy atom. The van der Waals surface area contributed by atoms with Crippen LogP contribution < -0.4 is 0 Å². The van der Waals surface area contributed by atoms with Gasteiger partial charge in [0, 0.05) is 18.6 Å². The standard InChI is InChI=1S/C25H29F3N2O2S/c1-5-16-9-14(3)10-17(6-2)23(16)24-19(31)11-18(12-20(24)32)15(4)13-33-22-8-7-21(29-30-22)25(26,27)28/h7-10,15,18,24H,5-6,11-13H2,1-4H3. The Kier molecular flexibility index (Phi) is 7.98. The Labute approximate surface area is 196 Å². The summed E-state index contributed by atoms with van der Waals surface area (Å²) in [7, 11) is 0. The van der Waals surface area contributed by atoms with E-state index in [4.69, 9.17) is 0 Å². The van der Waals surface area contributed by atoms with Crippen LogP contribution in [0.15, 0.2) is 29.3 Å². The van der Waals surface area contributed by atoms with Crippen molar-refractivity contribution in [1.29, 1.82) is 0 Å². The van der Waals surface area contributed by atoms with Crippen molar-refractivity contribution in [3.05, 3.63) is 52.2 Å². The van der Waals surface area contributed by atoms with Gasteiger partial charge in [-0.25, -0.2) is 0 Å². The van der Waals surface area contributed by atoms with Crippen molar-refractivity contribution in [3.8, 4) is 0 Å². The molecule has 178 valence electrons. The van der Waals surface area contributed by atoms with Gasteiger partial charge in [0.05, 0.1) is 0 Å². The van der Waals surface area contributed by atoms with E-state index in [0.29, 0.717) is 23.6 Å². The number of thioether (sulfide) groups is 1. The van der Waals surface area contributed by atoms with Crippen molar-refractivity contribution < 1.29 is 22.8 Å². The highest BCUT2D eigenvalue weighted by atomic mass is 32.2. The number of benzene rings is 1. The maximum absolute atomic E-state index is 13.2. The van der Waals surface area contributed by atoms with Gasteiger partial charge in [0.2, 0.25) is 0 Å². The zero-order valence-corrected chi connectivity index (χ0v) is 20.1. The average molecular weight is 479 g/mol. The highest BCUT2D eigenvalue weighted by molar-refractivity contribution is 7.99. The van der Waals surface area contributed by atoms with Crippen molar-refractivity contribution in [1.82, 2.24) is 10.2 Å². The molecule has 0 aliphatic heterocycles. The van der Waals surface area contributed by atoms with Crippen LogP contribution in [0.25, 0.3) is 0 Å². The third-order valence-corrected chi connectivity index (χ3v) is 7.55. The van der Waals surface area contributed by atoms with Crippen molar-refractivity contribution in [2.75, 3.05) is 5.75 Å². The molecular weight excluding hydrogens is 449 g/mol. The summed E-state index contributed by atoms with van der Waals surface area (Å²) in [6, 6.07) is 6.36. The van der Waals surface area contributed by atoms with E-state index < -0.39 is 17.8 Å². The van der Waals surface area contributed by atoms with E-state index in [2.05, 4.69) is 22.3 Å². The molecule has 0 saturated heterocycles. The first-order chi connectivity index (χ1) is 15.5. The Balaban J connectivity index is 1.69. The van der Waals surface area contributed by atoms with Crippen molar-refractivity contribution in [2.45, 2.75) is 70.5 Å². The summed E-state index contributed by atoms with van der Waals surface area (Å²) in [6.07, 6.45) is -2.32. The lowest BCUT2D eigenvalue weighted by molar-refractivity contribution is -0.142. The number of ketones is 2. The summed E-state index contributed by atoms with van der Waals surface area (Å²) >= 11 is 1.29. The Bertz CT molecular complexity index is 978. The topological polar surface area (TPSA) is 59.9 Å². The Morgan fingerprint density at radius 3 is 2.06 bits per heavy atom. The number of nitrogens with zero attached hydrogens (tertiary/aromatic N) is 2. The second-order valence-electron chi connectivity index (χ2n) is 8.78. The van der Waals surface area contributed by atoms with Crippen LogP contribution in [0, 0.1) is 18.8 Å². The van der Waals surface area contributed by atoms with E-state index in [9.17, 15) is 22.8 Å². The molecule has 0 amide bonds. The fourth-order valence-corrected chi connectivity index (χ4v) is 5.51. The number of carbonyl (C=O) groups excluding carboxylic acids is 2. The Morgan fingerprint density at radius 2 is 1.61 bits per heavy atom. The molecule has 1 heterocycles. The maximum atomic E-state index is 13.2. The van der Waals surface area contributed by atoms with Crippen LogP contribution in [-0.2, 0) is 28.6 Å². The normalized spacial score (nSPS) is 20.2. The molecule has 33 heavy (non-hydrogen) atoms. The SMILES string of the molecule is CCc1cc(C)cc(CC)c1C1C(=O)CC(C(C)CSc2ccc(C(F)(F)F)nn2)CC1=O. The minimum atomic E-state index is -4.52. The van der Waals surface area contributed by atoms with Gasteiger partial charge in [0.1, 0.15) is 22.5 Å². The fourth-order valence-electron chi connectivity index (χ4n) is 4.54. The summed E-state index contributed by atoms with van der Waals surface area (Å²) in [5, 5.41) is 7.28. The summed E-state index contributed by atoms with van der Waals surface area (Å²) < 4.78 is 37.9. The molecule has 1 aromatic carbocycles. The molecular formula is C25H29F3N2O2S. The molecule has 1 fully saturated rings. The number of hydrogen-bond acceptors (Lipinski definition) is 5. The summed E-state index contributed by atoms with van der Waals surface area (Å²) in [5.41, 5.74) is 3.16. The van der Waals surface area contributed by atoms with E-state index in [0.717, 1.165) is 41.2 Å². The van der Waals surface area contributed by atoms with Crippen molar-refractivity contribution in [2.24, 2.45) is 11.8 Å². The van der Waals surface area contributed by atoms with Gasteiger partial charge in [0.15, 0.2) is 5.69 Å². The third-order valence-electron chi connectivity index (χ3n) is 6.35. The van der Waals surface area contributed by atoms with Gasteiger partial charge in [-0.05, 0) is 60.4 Å². The number of hydrogen-bond donors (Lipinski definition) is 0. The van der Waals surface area contributed by atoms with Crippen LogP contribution in [0.5, 0.6) is 0 Å². The molecule has 1 saturated carbocycles. The van der Waals surface area contributed by atoms with E-state index in [1.165, 1.54) is 17.8 Å². The van der Waals surface area contributed by atoms with Gasteiger partial charge in [-0.15, -0.1) is 22.0 Å². The third kappa shape index (κ3) is 5.83. The van der Waals surface area contributed by atoms with Gasteiger partial charge >= 0.3 is 6.18 Å². The predicted octanol–water partition coefficient (Wildman–Crippen LogP) is 5.99. The largest absolute Gasteiger partial charge is 0.435 e. The molecule has 1 aliphatic carbocycles. The molecule has 0 radical (unpaired) electrons. The predicted molar refractivity (Wildman–Crippen MR) is 122 cm³/mol. The van der Waals surface area contributed by atoms with Crippen LogP contribution in [0.2, 0.25) is 0 Å². The average Bonchev–Trinajstić information content (AvgIpc) is 2.76. The van der Waals surface area contributed by atoms with Crippen LogP contribution in [0.4, 0.5) is 13.2 Å². The monoisotopic (exact) mass is 478 g/mol. The van der Waals surface area contributed by atoms with E-state index >= 15 is 0 Å². The molecule has 3 rings (SSSR count). The number of alkyl halides is 3. The van der Waals surface area contributed by atoms with E-state index in [1.54, 1.807) is 0 Å². The van der Waals surface area contributed by atoms with Crippen LogP contribution in [0.3, 0.4) is 0 Å². The molecule has 0 N–H and O–H groups in total. The van der Waals surface area contributed by atoms with E-state index in [-0.39, 0.29) is 23.4 Å². The summed E-state index contributed by atoms with van der Waals surface area (Å²) in [4.78, 5) is 26.4. The van der Waals surface area contributed by atoms with Gasteiger partial charge in [-0.1, -0.05) is 38.5 Å². The molecule has 2 aromatic rings. The quantitative estimate of drug-likeness (QED) is 0.361. The molecule has 0 spiro atoms. The molecule has 8 heteroatoms. The van der Waals surface area contributed by atoms with Crippen LogP contribution in [0.1, 0.15) is 67.5 Å². The molecule has 1 aromatic heterocycles. The highest BCUT2D eigenvalue weighted by Gasteiger charge is 2.40. The van der Waals surface area contributed by atoms with Gasteiger partial charge in [-0.2, -0.15) is 13.2 Å². The Hall–Kier alpha value is -2.22. The smallest absolute Gasteiger partial charge is 0.299 e. The number of aromatic nitrogens is 2.